The summed E-state index contributed by atoms with van der Waals surface area (Å²) in [5, 5.41) is 0. The molecule has 1 aromatic rings. The van der Waals surface area contributed by atoms with Gasteiger partial charge in [0.2, 0.25) is 0 Å². The van der Waals surface area contributed by atoms with E-state index in [0.29, 0.717) is 0 Å². The molecule has 0 amide bonds. The van der Waals surface area contributed by atoms with Gasteiger partial charge in [-0.25, -0.2) is 4.39 Å². The van der Waals surface area contributed by atoms with Gasteiger partial charge in [-0.2, -0.15) is 13.2 Å². The van der Waals surface area contributed by atoms with E-state index in [1.807, 2.05) is 0 Å². The van der Waals surface area contributed by atoms with Crippen LogP contribution in [0.4, 0.5) is 17.6 Å². The lowest BCUT2D eigenvalue weighted by Crippen LogP contribution is -2.17. The Hall–Kier alpha value is -1.06. The molecule has 1 aromatic carbocycles. The number of benzene rings is 1. The Kier molecular flexibility index (Phi) is 3.05. The highest BCUT2D eigenvalue weighted by Gasteiger charge is 2.33. The van der Waals surface area contributed by atoms with Crippen molar-refractivity contribution in [3.63, 3.8) is 0 Å². The fraction of sp³-hybridized carbons (Fsp3) is 0.500. The van der Waals surface area contributed by atoms with Crippen LogP contribution in [0.5, 0.6) is 0 Å². The fourth-order valence-electron chi connectivity index (χ4n) is 1.48. The highest BCUT2D eigenvalue weighted by molar-refractivity contribution is 5.36. The van der Waals surface area contributed by atoms with E-state index in [4.69, 9.17) is 0 Å². The van der Waals surface area contributed by atoms with Crippen molar-refractivity contribution in [1.82, 2.24) is 0 Å². The number of aryl methyl sites for hydroxylation is 1. The van der Waals surface area contributed by atoms with Crippen molar-refractivity contribution in [1.29, 1.82) is 0 Å². The molecule has 0 nitrogen and oxygen atoms in total. The Labute approximate surface area is 92.3 Å². The first-order chi connectivity index (χ1) is 7.03. The van der Waals surface area contributed by atoms with Crippen molar-refractivity contribution < 1.29 is 17.6 Å². The molecule has 0 atom stereocenters. The molecule has 0 aliphatic heterocycles. The predicted molar refractivity (Wildman–Crippen MR) is 54.8 cm³/mol. The summed E-state index contributed by atoms with van der Waals surface area (Å²) in [6, 6.07) is 1.73. The van der Waals surface area contributed by atoms with Gasteiger partial charge in [-0.15, -0.1) is 0 Å². The molecule has 0 aliphatic carbocycles. The molecule has 0 saturated carbocycles. The molecule has 16 heavy (non-hydrogen) atoms. The molecule has 0 aromatic heterocycles. The summed E-state index contributed by atoms with van der Waals surface area (Å²) in [4.78, 5) is 0. The maximum atomic E-state index is 13.7. The maximum absolute atomic E-state index is 13.7. The topological polar surface area (TPSA) is 0 Å². The highest BCUT2D eigenvalue weighted by Crippen LogP contribution is 2.35. The van der Waals surface area contributed by atoms with Crippen LogP contribution in [0.3, 0.4) is 0 Å². The average Bonchev–Trinajstić information content (AvgIpc) is 2.05. The van der Waals surface area contributed by atoms with Crippen LogP contribution < -0.4 is 0 Å². The quantitative estimate of drug-likeness (QED) is 0.582. The van der Waals surface area contributed by atoms with E-state index in [0.717, 1.165) is 12.1 Å². The Morgan fingerprint density at radius 3 is 1.88 bits per heavy atom. The summed E-state index contributed by atoms with van der Waals surface area (Å²) in [6.45, 7) is 6.40. The Bertz CT molecular complexity index is 397. The third-order valence-electron chi connectivity index (χ3n) is 2.39. The Morgan fingerprint density at radius 1 is 1.00 bits per heavy atom. The normalized spacial score (nSPS) is 13.0. The fourth-order valence-corrected chi connectivity index (χ4v) is 1.48. The van der Waals surface area contributed by atoms with Crippen LogP contribution in [-0.2, 0) is 11.6 Å². The molecule has 0 spiro atoms. The van der Waals surface area contributed by atoms with Crippen molar-refractivity contribution >= 4 is 0 Å². The molecule has 0 aliphatic rings. The van der Waals surface area contributed by atoms with Crippen molar-refractivity contribution in [3.05, 3.63) is 34.6 Å². The molecule has 1 rings (SSSR count). The molecule has 0 N–H and O–H groups in total. The zero-order chi connectivity index (χ0) is 12.7. The second-order valence-electron chi connectivity index (χ2n) is 4.90. The zero-order valence-corrected chi connectivity index (χ0v) is 9.67. The van der Waals surface area contributed by atoms with E-state index < -0.39 is 23.0 Å². The van der Waals surface area contributed by atoms with E-state index in [1.54, 1.807) is 20.8 Å². The van der Waals surface area contributed by atoms with Gasteiger partial charge in [0.05, 0.1) is 5.56 Å². The van der Waals surface area contributed by atoms with Crippen LogP contribution in [0.25, 0.3) is 0 Å². The molecule has 0 saturated heterocycles. The van der Waals surface area contributed by atoms with E-state index >= 15 is 0 Å². The summed E-state index contributed by atoms with van der Waals surface area (Å²) in [6.07, 6.45) is -4.43. The smallest absolute Gasteiger partial charge is 0.206 e. The summed E-state index contributed by atoms with van der Waals surface area (Å²) < 4.78 is 51.3. The van der Waals surface area contributed by atoms with E-state index in [2.05, 4.69) is 0 Å². The van der Waals surface area contributed by atoms with E-state index in [-0.39, 0.29) is 11.1 Å². The number of halogens is 4. The van der Waals surface area contributed by atoms with Crippen LogP contribution in [-0.4, -0.2) is 0 Å². The number of hydrogen-bond donors (Lipinski definition) is 0. The molecule has 0 bridgehead atoms. The third-order valence-corrected chi connectivity index (χ3v) is 2.39. The molecule has 0 heterocycles. The van der Waals surface area contributed by atoms with Crippen molar-refractivity contribution in [2.24, 2.45) is 0 Å². The van der Waals surface area contributed by atoms with Gasteiger partial charge in [-0.3, -0.25) is 0 Å². The summed E-state index contributed by atoms with van der Waals surface area (Å²) >= 11 is 0. The molecule has 4 heteroatoms. The van der Waals surface area contributed by atoms with Gasteiger partial charge in [0.15, 0.2) is 0 Å². The van der Waals surface area contributed by atoms with Crippen LogP contribution in [0.15, 0.2) is 12.1 Å². The van der Waals surface area contributed by atoms with Crippen LogP contribution in [0.2, 0.25) is 0 Å². The first-order valence-corrected chi connectivity index (χ1v) is 4.91. The van der Waals surface area contributed by atoms with Gasteiger partial charge >= 0.3 is 6.18 Å². The van der Waals surface area contributed by atoms with Gasteiger partial charge in [0, 0.05) is 0 Å². The minimum atomic E-state index is -4.43. The summed E-state index contributed by atoms with van der Waals surface area (Å²) in [7, 11) is 0. The van der Waals surface area contributed by atoms with Crippen LogP contribution in [0, 0.1) is 12.7 Å². The second-order valence-corrected chi connectivity index (χ2v) is 4.90. The molecular formula is C12H14F4. The Morgan fingerprint density at radius 2 is 1.50 bits per heavy atom. The van der Waals surface area contributed by atoms with Crippen molar-refractivity contribution in [2.45, 2.75) is 39.3 Å². The second kappa shape index (κ2) is 3.75. The summed E-state index contributed by atoms with van der Waals surface area (Å²) in [5.74, 6) is -0.555. The summed E-state index contributed by atoms with van der Waals surface area (Å²) in [5.41, 5.74) is -1.31. The lowest BCUT2D eigenvalue weighted by molar-refractivity contribution is -0.137. The maximum Gasteiger partial charge on any atom is 0.416 e. The third kappa shape index (κ3) is 2.54. The lowest BCUT2D eigenvalue weighted by Gasteiger charge is -2.22. The van der Waals surface area contributed by atoms with Gasteiger partial charge < -0.3 is 0 Å². The molecule has 0 radical (unpaired) electrons. The van der Waals surface area contributed by atoms with Gasteiger partial charge in [-0.1, -0.05) is 20.8 Å². The predicted octanol–water partition coefficient (Wildman–Crippen LogP) is 4.45. The largest absolute Gasteiger partial charge is 0.416 e. The standard InChI is InChI=1S/C12H14F4/c1-7-5-8(12(14,15)16)6-9(10(7)13)11(2,3)4/h5-6H,1-4H3. The van der Waals surface area contributed by atoms with Gasteiger partial charge in [-0.05, 0) is 35.6 Å². The molecule has 0 unspecified atom stereocenters. The Balaban J connectivity index is 3.46. The number of alkyl halides is 3. The molecule has 0 fully saturated rings. The minimum Gasteiger partial charge on any atom is -0.206 e. The van der Waals surface area contributed by atoms with Gasteiger partial charge in [0.1, 0.15) is 5.82 Å². The monoisotopic (exact) mass is 234 g/mol. The van der Waals surface area contributed by atoms with E-state index in [9.17, 15) is 17.6 Å². The van der Waals surface area contributed by atoms with E-state index in [1.165, 1.54) is 6.92 Å². The highest BCUT2D eigenvalue weighted by atomic mass is 19.4. The minimum absolute atomic E-state index is 0.0275. The first-order valence-electron chi connectivity index (χ1n) is 4.91. The zero-order valence-electron chi connectivity index (χ0n) is 9.67. The molecule has 90 valence electrons. The first kappa shape index (κ1) is 13.0. The number of hydrogen-bond acceptors (Lipinski definition) is 0. The number of rotatable bonds is 0. The van der Waals surface area contributed by atoms with Crippen LogP contribution >= 0.6 is 0 Å². The average molecular weight is 234 g/mol. The van der Waals surface area contributed by atoms with Crippen LogP contribution in [0.1, 0.15) is 37.5 Å². The van der Waals surface area contributed by atoms with Gasteiger partial charge in [0.25, 0.3) is 0 Å². The van der Waals surface area contributed by atoms with Crippen molar-refractivity contribution in [3.8, 4) is 0 Å². The molecular weight excluding hydrogens is 220 g/mol. The van der Waals surface area contributed by atoms with Crippen molar-refractivity contribution in [2.75, 3.05) is 0 Å². The SMILES string of the molecule is Cc1cc(C(F)(F)F)cc(C(C)(C)C)c1F. The lowest BCUT2D eigenvalue weighted by atomic mass is 9.84.